The van der Waals surface area contributed by atoms with E-state index >= 15 is 0 Å². The van der Waals surface area contributed by atoms with Gasteiger partial charge in [0.1, 0.15) is 5.82 Å². The Bertz CT molecular complexity index is 599. The van der Waals surface area contributed by atoms with Gasteiger partial charge in [0.15, 0.2) is 5.11 Å². The summed E-state index contributed by atoms with van der Waals surface area (Å²) >= 11 is 5.32. The smallest absolute Gasteiger partial charge is 0.166 e. The van der Waals surface area contributed by atoms with Gasteiger partial charge in [-0.1, -0.05) is 36.4 Å². The number of hydrogen-bond acceptors (Lipinski definition) is 3. The zero-order valence-corrected chi connectivity index (χ0v) is 13.9. The molecule has 0 fully saturated rings. The molecule has 0 bridgehead atoms. The Labute approximate surface area is 137 Å². The summed E-state index contributed by atoms with van der Waals surface area (Å²) in [5, 5.41) is 7.14. The fourth-order valence-corrected chi connectivity index (χ4v) is 2.35. The Morgan fingerprint density at radius 2 is 1.86 bits per heavy atom. The fourth-order valence-electron chi connectivity index (χ4n) is 2.17. The third kappa shape index (κ3) is 5.00. The van der Waals surface area contributed by atoms with Crippen molar-refractivity contribution < 1.29 is 0 Å². The van der Waals surface area contributed by atoms with Crippen LogP contribution < -0.4 is 15.5 Å². The molecule has 0 aliphatic heterocycles. The van der Waals surface area contributed by atoms with Gasteiger partial charge in [-0.25, -0.2) is 4.98 Å². The van der Waals surface area contributed by atoms with Crippen molar-refractivity contribution in [1.82, 2.24) is 15.6 Å². The summed E-state index contributed by atoms with van der Waals surface area (Å²) in [6.07, 6.45) is 2.76. The molecule has 2 rings (SSSR count). The Balaban J connectivity index is 1.76. The number of thiocarbonyl (C=S) groups is 1. The first-order valence-electron chi connectivity index (χ1n) is 7.33. The van der Waals surface area contributed by atoms with E-state index in [9.17, 15) is 0 Å². The number of nitrogens with one attached hydrogen (secondary N) is 2. The highest BCUT2D eigenvalue weighted by molar-refractivity contribution is 7.80. The summed E-state index contributed by atoms with van der Waals surface area (Å²) in [4.78, 5) is 6.38. The van der Waals surface area contributed by atoms with Gasteiger partial charge in [0.25, 0.3) is 0 Å². The molecule has 0 radical (unpaired) electrons. The quantitative estimate of drug-likeness (QED) is 0.801. The van der Waals surface area contributed by atoms with Gasteiger partial charge in [0.2, 0.25) is 0 Å². The molecule has 0 spiro atoms. The standard InChI is InChI=1S/C17H22N4S/c1-21(2)16-15(9-6-11-18-16)13-20-17(22)19-12-10-14-7-4-3-5-8-14/h3-9,11H,10,12-13H2,1-2H3,(H2,19,20,22). The van der Waals surface area contributed by atoms with E-state index in [0.29, 0.717) is 11.7 Å². The number of hydrogen-bond donors (Lipinski definition) is 2. The van der Waals surface area contributed by atoms with Gasteiger partial charge in [-0.2, -0.15) is 0 Å². The van der Waals surface area contributed by atoms with E-state index < -0.39 is 0 Å². The average Bonchev–Trinajstić information content (AvgIpc) is 2.54. The van der Waals surface area contributed by atoms with Gasteiger partial charge < -0.3 is 15.5 Å². The largest absolute Gasteiger partial charge is 0.362 e. The fraction of sp³-hybridized carbons (Fsp3) is 0.294. The predicted molar refractivity (Wildman–Crippen MR) is 96.2 cm³/mol. The monoisotopic (exact) mass is 314 g/mol. The first-order chi connectivity index (χ1) is 10.7. The van der Waals surface area contributed by atoms with Crippen LogP contribution in [0.3, 0.4) is 0 Å². The summed E-state index contributed by atoms with van der Waals surface area (Å²) in [5.74, 6) is 0.960. The first-order valence-corrected chi connectivity index (χ1v) is 7.74. The van der Waals surface area contributed by atoms with E-state index in [1.54, 1.807) is 6.20 Å². The van der Waals surface area contributed by atoms with Crippen LogP contribution in [0.1, 0.15) is 11.1 Å². The number of nitrogens with zero attached hydrogens (tertiary/aromatic N) is 2. The maximum absolute atomic E-state index is 5.32. The van der Waals surface area contributed by atoms with Crippen LogP contribution in [0.25, 0.3) is 0 Å². The van der Waals surface area contributed by atoms with E-state index in [1.165, 1.54) is 5.56 Å². The van der Waals surface area contributed by atoms with E-state index in [0.717, 1.165) is 24.3 Å². The van der Waals surface area contributed by atoms with E-state index in [1.807, 2.05) is 31.1 Å². The highest BCUT2D eigenvalue weighted by Crippen LogP contribution is 2.13. The van der Waals surface area contributed by atoms with Gasteiger partial charge in [0, 0.05) is 38.9 Å². The zero-order chi connectivity index (χ0) is 15.8. The Kier molecular flexibility index (Phi) is 6.15. The zero-order valence-electron chi connectivity index (χ0n) is 13.0. The highest BCUT2D eigenvalue weighted by Gasteiger charge is 2.05. The lowest BCUT2D eigenvalue weighted by molar-refractivity contribution is 0.810. The second-order valence-electron chi connectivity index (χ2n) is 5.23. The van der Waals surface area contributed by atoms with Crippen LogP contribution in [-0.2, 0) is 13.0 Å². The molecule has 0 unspecified atom stereocenters. The Morgan fingerprint density at radius 3 is 2.59 bits per heavy atom. The van der Waals surface area contributed by atoms with Crippen LogP contribution in [0, 0.1) is 0 Å². The molecule has 2 N–H and O–H groups in total. The lowest BCUT2D eigenvalue weighted by Crippen LogP contribution is -2.36. The SMILES string of the molecule is CN(C)c1ncccc1CNC(=S)NCCc1ccccc1. The number of benzene rings is 1. The van der Waals surface area contributed by atoms with Crippen molar-refractivity contribution in [1.29, 1.82) is 0 Å². The van der Waals surface area contributed by atoms with Gasteiger partial charge in [-0.05, 0) is 30.3 Å². The van der Waals surface area contributed by atoms with Gasteiger partial charge >= 0.3 is 0 Å². The first kappa shape index (κ1) is 16.2. The molecule has 0 saturated heterocycles. The summed E-state index contributed by atoms with van der Waals surface area (Å²) in [7, 11) is 3.98. The maximum atomic E-state index is 5.32. The van der Waals surface area contributed by atoms with Crippen LogP contribution in [0.4, 0.5) is 5.82 Å². The average molecular weight is 314 g/mol. The van der Waals surface area contributed by atoms with Gasteiger partial charge in [0.05, 0.1) is 0 Å². The van der Waals surface area contributed by atoms with Crippen molar-refractivity contribution in [2.24, 2.45) is 0 Å². The van der Waals surface area contributed by atoms with Crippen molar-refractivity contribution in [3.8, 4) is 0 Å². The molecule has 0 amide bonds. The van der Waals surface area contributed by atoms with E-state index in [4.69, 9.17) is 12.2 Å². The minimum atomic E-state index is 0.665. The second kappa shape index (κ2) is 8.34. The molecule has 1 heterocycles. The topological polar surface area (TPSA) is 40.2 Å². The summed E-state index contributed by atoms with van der Waals surface area (Å²) < 4.78 is 0. The number of rotatable bonds is 6. The molecule has 0 aliphatic carbocycles. The van der Waals surface area contributed by atoms with Crippen LogP contribution in [0.15, 0.2) is 48.7 Å². The van der Waals surface area contributed by atoms with Crippen LogP contribution in [0.5, 0.6) is 0 Å². The van der Waals surface area contributed by atoms with Gasteiger partial charge in [-0.15, -0.1) is 0 Å². The summed E-state index contributed by atoms with van der Waals surface area (Å²) in [5.41, 5.74) is 2.43. The van der Waals surface area contributed by atoms with Crippen molar-refractivity contribution in [2.45, 2.75) is 13.0 Å². The predicted octanol–water partition coefficient (Wildman–Crippen LogP) is 2.35. The van der Waals surface area contributed by atoms with Gasteiger partial charge in [-0.3, -0.25) is 0 Å². The van der Waals surface area contributed by atoms with Crippen molar-refractivity contribution >= 4 is 23.1 Å². The molecule has 0 atom stereocenters. The number of anilines is 1. The molecule has 0 saturated carbocycles. The Hall–Kier alpha value is -2.14. The molecule has 116 valence electrons. The lowest BCUT2D eigenvalue weighted by atomic mass is 10.1. The summed E-state index contributed by atoms with van der Waals surface area (Å²) in [6, 6.07) is 14.4. The normalized spacial score (nSPS) is 10.1. The number of pyridine rings is 1. The molecular formula is C17H22N4S. The van der Waals surface area contributed by atoms with E-state index in [-0.39, 0.29) is 0 Å². The molecule has 1 aromatic heterocycles. The van der Waals surface area contributed by atoms with Crippen molar-refractivity contribution in [3.63, 3.8) is 0 Å². The minimum Gasteiger partial charge on any atom is -0.362 e. The van der Waals surface area contributed by atoms with Crippen LogP contribution in [-0.4, -0.2) is 30.7 Å². The van der Waals surface area contributed by atoms with Crippen LogP contribution in [0.2, 0.25) is 0 Å². The maximum Gasteiger partial charge on any atom is 0.166 e. The molecule has 5 heteroatoms. The Morgan fingerprint density at radius 1 is 1.09 bits per heavy atom. The van der Waals surface area contributed by atoms with Crippen molar-refractivity contribution in [3.05, 3.63) is 59.8 Å². The molecule has 1 aromatic carbocycles. The molecular weight excluding hydrogens is 292 g/mol. The highest BCUT2D eigenvalue weighted by atomic mass is 32.1. The lowest BCUT2D eigenvalue weighted by Gasteiger charge is -2.17. The molecule has 2 aromatic rings. The van der Waals surface area contributed by atoms with E-state index in [2.05, 4.69) is 45.9 Å². The molecule has 0 aliphatic rings. The van der Waals surface area contributed by atoms with Crippen molar-refractivity contribution in [2.75, 3.05) is 25.5 Å². The third-order valence-corrected chi connectivity index (χ3v) is 3.56. The minimum absolute atomic E-state index is 0.665. The number of aromatic nitrogens is 1. The summed E-state index contributed by atoms with van der Waals surface area (Å²) in [6.45, 7) is 1.49. The molecule has 22 heavy (non-hydrogen) atoms. The second-order valence-corrected chi connectivity index (χ2v) is 5.63. The molecule has 4 nitrogen and oxygen atoms in total. The third-order valence-electron chi connectivity index (χ3n) is 3.27. The van der Waals surface area contributed by atoms with Crippen LogP contribution >= 0.6 is 12.2 Å².